The molecule has 2 aromatic rings. The van der Waals surface area contributed by atoms with Crippen LogP contribution in [-0.2, 0) is 16.1 Å². The Bertz CT molecular complexity index is 821. The van der Waals surface area contributed by atoms with Crippen molar-refractivity contribution < 1.29 is 23.9 Å². The predicted molar refractivity (Wildman–Crippen MR) is 104 cm³/mol. The standard InChI is InChI=1S/C21H24N2O5/c1-14(2)22-21(26)23-19(24)15(3)28-20(25)17-10-7-11-18(12-17)27-13-16-8-5-4-6-9-16/h4-12,14-15H,13H2,1-3H3,(H2,22,23,24,26). The number of nitrogens with one attached hydrogen (secondary N) is 2. The van der Waals surface area contributed by atoms with Crippen LogP contribution in [0, 0.1) is 0 Å². The molecule has 0 heterocycles. The first-order chi connectivity index (χ1) is 13.3. The summed E-state index contributed by atoms with van der Waals surface area (Å²) in [6, 6.07) is 15.4. The second-order valence-electron chi connectivity index (χ2n) is 6.47. The Balaban J connectivity index is 1.91. The normalized spacial score (nSPS) is 11.4. The van der Waals surface area contributed by atoms with Crippen molar-refractivity contribution >= 4 is 17.9 Å². The maximum Gasteiger partial charge on any atom is 0.339 e. The summed E-state index contributed by atoms with van der Waals surface area (Å²) in [4.78, 5) is 35.8. The molecular formula is C21H24N2O5. The van der Waals surface area contributed by atoms with Gasteiger partial charge in [-0.3, -0.25) is 10.1 Å². The van der Waals surface area contributed by atoms with Gasteiger partial charge in [-0.1, -0.05) is 36.4 Å². The zero-order valence-electron chi connectivity index (χ0n) is 16.1. The highest BCUT2D eigenvalue weighted by Gasteiger charge is 2.21. The Labute approximate surface area is 164 Å². The van der Waals surface area contributed by atoms with Crippen molar-refractivity contribution in [2.45, 2.75) is 39.5 Å². The molecule has 1 unspecified atom stereocenters. The van der Waals surface area contributed by atoms with Gasteiger partial charge >= 0.3 is 12.0 Å². The molecule has 7 nitrogen and oxygen atoms in total. The Morgan fingerprint density at radius 3 is 2.36 bits per heavy atom. The SMILES string of the molecule is CC(C)NC(=O)NC(=O)C(C)OC(=O)c1cccc(OCc2ccccc2)c1. The molecule has 1 atom stereocenters. The summed E-state index contributed by atoms with van der Waals surface area (Å²) in [5, 5.41) is 4.65. The molecule has 0 fully saturated rings. The highest BCUT2D eigenvalue weighted by Crippen LogP contribution is 2.16. The van der Waals surface area contributed by atoms with Crippen molar-refractivity contribution in [2.24, 2.45) is 0 Å². The summed E-state index contributed by atoms with van der Waals surface area (Å²) >= 11 is 0. The molecule has 0 spiro atoms. The minimum atomic E-state index is -1.13. The van der Waals surface area contributed by atoms with Gasteiger partial charge in [0, 0.05) is 6.04 Å². The third kappa shape index (κ3) is 6.75. The maximum atomic E-state index is 12.3. The third-order valence-corrected chi connectivity index (χ3v) is 3.63. The summed E-state index contributed by atoms with van der Waals surface area (Å²) in [6.45, 7) is 5.29. The Kier molecular flexibility index (Phi) is 7.56. The minimum absolute atomic E-state index is 0.121. The fraction of sp³-hybridized carbons (Fsp3) is 0.286. The zero-order valence-corrected chi connectivity index (χ0v) is 16.1. The van der Waals surface area contributed by atoms with E-state index < -0.39 is 24.0 Å². The van der Waals surface area contributed by atoms with Gasteiger partial charge in [-0.25, -0.2) is 9.59 Å². The van der Waals surface area contributed by atoms with Crippen molar-refractivity contribution in [3.05, 3.63) is 65.7 Å². The number of rotatable bonds is 7. The number of amides is 3. The molecule has 0 bridgehead atoms. The lowest BCUT2D eigenvalue weighted by Crippen LogP contribution is -2.46. The van der Waals surface area contributed by atoms with Crippen LogP contribution >= 0.6 is 0 Å². The van der Waals surface area contributed by atoms with Crippen LogP contribution < -0.4 is 15.4 Å². The molecular weight excluding hydrogens is 360 g/mol. The van der Waals surface area contributed by atoms with Crippen LogP contribution in [-0.4, -0.2) is 30.1 Å². The lowest BCUT2D eigenvalue weighted by molar-refractivity contribution is -0.127. The smallest absolute Gasteiger partial charge is 0.339 e. The van der Waals surface area contributed by atoms with Crippen LogP contribution in [0.4, 0.5) is 4.79 Å². The molecule has 0 aliphatic carbocycles. The monoisotopic (exact) mass is 384 g/mol. The molecule has 28 heavy (non-hydrogen) atoms. The fourth-order valence-electron chi connectivity index (χ4n) is 2.25. The summed E-state index contributed by atoms with van der Waals surface area (Å²) in [6.07, 6.45) is -1.13. The van der Waals surface area contributed by atoms with Crippen LogP contribution in [0.5, 0.6) is 5.75 Å². The molecule has 7 heteroatoms. The van der Waals surface area contributed by atoms with Crippen molar-refractivity contribution in [3.63, 3.8) is 0 Å². The van der Waals surface area contributed by atoms with E-state index >= 15 is 0 Å². The highest BCUT2D eigenvalue weighted by molar-refractivity contribution is 5.98. The lowest BCUT2D eigenvalue weighted by Gasteiger charge is -2.14. The van der Waals surface area contributed by atoms with E-state index in [1.807, 2.05) is 30.3 Å². The van der Waals surface area contributed by atoms with E-state index in [4.69, 9.17) is 9.47 Å². The largest absolute Gasteiger partial charge is 0.489 e. The lowest BCUT2D eigenvalue weighted by atomic mass is 10.2. The van der Waals surface area contributed by atoms with Gasteiger partial charge in [0.25, 0.3) is 5.91 Å². The van der Waals surface area contributed by atoms with Crippen LogP contribution in [0.2, 0.25) is 0 Å². The number of carbonyl (C=O) groups is 3. The van der Waals surface area contributed by atoms with Crippen molar-refractivity contribution in [3.8, 4) is 5.75 Å². The highest BCUT2D eigenvalue weighted by atomic mass is 16.5. The summed E-state index contributed by atoms with van der Waals surface area (Å²) in [5.41, 5.74) is 1.25. The van der Waals surface area contributed by atoms with Gasteiger partial charge in [-0.15, -0.1) is 0 Å². The minimum Gasteiger partial charge on any atom is -0.489 e. The van der Waals surface area contributed by atoms with Gasteiger partial charge in [-0.05, 0) is 44.5 Å². The molecule has 0 aliphatic rings. The second kappa shape index (κ2) is 10.1. The van der Waals surface area contributed by atoms with E-state index in [1.165, 1.54) is 6.92 Å². The molecule has 0 saturated carbocycles. The number of carbonyl (C=O) groups excluding carboxylic acids is 3. The summed E-state index contributed by atoms with van der Waals surface area (Å²) in [7, 11) is 0. The van der Waals surface area contributed by atoms with Gasteiger partial charge in [-0.2, -0.15) is 0 Å². The molecule has 2 rings (SSSR count). The quantitative estimate of drug-likeness (QED) is 0.716. The number of benzene rings is 2. The van der Waals surface area contributed by atoms with E-state index in [9.17, 15) is 14.4 Å². The first-order valence-electron chi connectivity index (χ1n) is 8.94. The van der Waals surface area contributed by atoms with Crippen LogP contribution in [0.3, 0.4) is 0 Å². The van der Waals surface area contributed by atoms with Gasteiger partial charge in [0.2, 0.25) is 0 Å². The fourth-order valence-corrected chi connectivity index (χ4v) is 2.25. The number of ether oxygens (including phenoxy) is 2. The average molecular weight is 384 g/mol. The van der Waals surface area contributed by atoms with E-state index in [0.29, 0.717) is 12.4 Å². The number of hydrogen-bond acceptors (Lipinski definition) is 5. The zero-order chi connectivity index (χ0) is 20.5. The van der Waals surface area contributed by atoms with Gasteiger partial charge < -0.3 is 14.8 Å². The topological polar surface area (TPSA) is 93.7 Å². The van der Waals surface area contributed by atoms with Gasteiger partial charge in [0.05, 0.1) is 5.56 Å². The summed E-state index contributed by atoms with van der Waals surface area (Å²) < 4.78 is 10.8. The Hall–Kier alpha value is -3.35. The first-order valence-corrected chi connectivity index (χ1v) is 8.94. The van der Waals surface area contributed by atoms with Crippen molar-refractivity contribution in [1.29, 1.82) is 0 Å². The van der Waals surface area contributed by atoms with E-state index in [1.54, 1.807) is 38.1 Å². The molecule has 2 N–H and O–H groups in total. The van der Waals surface area contributed by atoms with Crippen LogP contribution in [0.1, 0.15) is 36.7 Å². The molecule has 0 aliphatic heterocycles. The summed E-state index contributed by atoms with van der Waals surface area (Å²) in [5.74, 6) is -0.883. The number of urea groups is 1. The number of hydrogen-bond donors (Lipinski definition) is 2. The van der Waals surface area contributed by atoms with Crippen molar-refractivity contribution in [1.82, 2.24) is 10.6 Å². The number of imide groups is 1. The molecule has 0 aromatic heterocycles. The molecule has 0 radical (unpaired) electrons. The first kappa shape index (κ1) is 21.0. The van der Waals surface area contributed by atoms with E-state index in [-0.39, 0.29) is 11.6 Å². The van der Waals surface area contributed by atoms with Crippen molar-refractivity contribution in [2.75, 3.05) is 0 Å². The second-order valence-corrected chi connectivity index (χ2v) is 6.47. The Morgan fingerprint density at radius 1 is 0.964 bits per heavy atom. The number of esters is 1. The molecule has 148 valence electrons. The third-order valence-electron chi connectivity index (χ3n) is 3.63. The van der Waals surface area contributed by atoms with Crippen LogP contribution in [0.15, 0.2) is 54.6 Å². The van der Waals surface area contributed by atoms with Gasteiger partial charge in [0.1, 0.15) is 12.4 Å². The van der Waals surface area contributed by atoms with Crippen LogP contribution in [0.25, 0.3) is 0 Å². The van der Waals surface area contributed by atoms with Gasteiger partial charge in [0.15, 0.2) is 6.10 Å². The maximum absolute atomic E-state index is 12.3. The average Bonchev–Trinajstić information content (AvgIpc) is 2.66. The molecule has 3 amide bonds. The molecule has 0 saturated heterocycles. The predicted octanol–water partition coefficient (Wildman–Crippen LogP) is 3.05. The Morgan fingerprint density at radius 2 is 1.68 bits per heavy atom. The molecule has 2 aromatic carbocycles. The van der Waals surface area contributed by atoms with E-state index in [2.05, 4.69) is 10.6 Å². The van der Waals surface area contributed by atoms with E-state index in [0.717, 1.165) is 5.56 Å².